The number of nitrogens with one attached hydrogen (secondary N) is 1. The fraction of sp³-hybridized carbons (Fsp3) is 0.278. The minimum atomic E-state index is -4.16. The van der Waals surface area contributed by atoms with Crippen molar-refractivity contribution in [2.75, 3.05) is 10.8 Å². The zero-order valence-corrected chi connectivity index (χ0v) is 27.9. The third kappa shape index (κ3) is 8.96. The lowest BCUT2D eigenvalue weighted by molar-refractivity contribution is -0.140. The highest BCUT2D eigenvalue weighted by Crippen LogP contribution is 2.27. The Morgan fingerprint density at radius 2 is 1.42 bits per heavy atom. The molecule has 0 spiro atoms. The molecule has 0 radical (unpaired) electrons. The molecule has 4 aromatic rings. The minimum Gasteiger partial charge on any atom is -0.350 e. The molecule has 1 N–H and O–H groups in total. The number of aryl methyl sites for hydroxylation is 2. The quantitative estimate of drug-likeness (QED) is 0.197. The number of benzene rings is 4. The van der Waals surface area contributed by atoms with Gasteiger partial charge in [-0.15, -0.1) is 0 Å². The first kappa shape index (κ1) is 33.7. The summed E-state index contributed by atoms with van der Waals surface area (Å²) in [7, 11) is -4.16. The van der Waals surface area contributed by atoms with Crippen LogP contribution in [-0.4, -0.2) is 43.3 Å². The number of anilines is 1. The van der Waals surface area contributed by atoms with Gasteiger partial charge in [-0.3, -0.25) is 13.9 Å². The van der Waals surface area contributed by atoms with E-state index in [-0.39, 0.29) is 23.8 Å². The SMILES string of the molecule is Cc1ccc(N(CC(=O)N(Cc2cccc(Cl)c2)C(Cc2ccccc2)C(=O)NC(C)(C)C)S(=O)(=O)c2ccccc2)cc1C. The normalized spacial score (nSPS) is 12.3. The predicted molar refractivity (Wildman–Crippen MR) is 181 cm³/mol. The van der Waals surface area contributed by atoms with Crippen molar-refractivity contribution in [2.45, 2.75) is 64.1 Å². The van der Waals surface area contributed by atoms with E-state index in [0.29, 0.717) is 16.3 Å². The molecule has 236 valence electrons. The number of carbonyl (C=O) groups excluding carboxylic acids is 2. The first-order valence-corrected chi connectivity index (χ1v) is 16.6. The average Bonchev–Trinajstić information content (AvgIpc) is 2.99. The first-order chi connectivity index (χ1) is 21.2. The lowest BCUT2D eigenvalue weighted by atomic mass is 10.0. The smallest absolute Gasteiger partial charge is 0.264 e. The molecular formula is C36H40ClN3O4S. The zero-order chi connectivity index (χ0) is 32.8. The van der Waals surface area contributed by atoms with Crippen LogP contribution in [0, 0.1) is 13.8 Å². The summed E-state index contributed by atoms with van der Waals surface area (Å²) in [6.07, 6.45) is 0.226. The van der Waals surface area contributed by atoms with E-state index in [0.717, 1.165) is 21.0 Å². The lowest BCUT2D eigenvalue weighted by Crippen LogP contribution is -2.56. The summed E-state index contributed by atoms with van der Waals surface area (Å²) in [4.78, 5) is 30.0. The summed E-state index contributed by atoms with van der Waals surface area (Å²) in [6, 6.07) is 28.9. The molecule has 2 amide bonds. The van der Waals surface area contributed by atoms with E-state index < -0.39 is 34.1 Å². The number of nitrogens with zero attached hydrogens (tertiary/aromatic N) is 2. The highest BCUT2D eigenvalue weighted by molar-refractivity contribution is 7.92. The van der Waals surface area contributed by atoms with Gasteiger partial charge in [0.15, 0.2) is 0 Å². The molecule has 0 heterocycles. The van der Waals surface area contributed by atoms with Crippen molar-refractivity contribution in [1.29, 1.82) is 0 Å². The van der Waals surface area contributed by atoms with Crippen molar-refractivity contribution in [3.63, 3.8) is 0 Å². The summed E-state index contributed by atoms with van der Waals surface area (Å²) < 4.78 is 29.4. The van der Waals surface area contributed by atoms with Gasteiger partial charge in [-0.1, -0.05) is 78.3 Å². The van der Waals surface area contributed by atoms with E-state index in [4.69, 9.17) is 11.6 Å². The maximum atomic E-state index is 14.6. The highest BCUT2D eigenvalue weighted by atomic mass is 35.5. The number of amides is 2. The van der Waals surface area contributed by atoms with Crippen LogP contribution in [0.1, 0.15) is 43.0 Å². The Bertz CT molecular complexity index is 1740. The predicted octanol–water partition coefficient (Wildman–Crippen LogP) is 6.71. The molecule has 7 nitrogen and oxygen atoms in total. The number of halogens is 1. The van der Waals surface area contributed by atoms with Crippen molar-refractivity contribution in [3.8, 4) is 0 Å². The molecule has 0 saturated heterocycles. The molecule has 4 rings (SSSR count). The zero-order valence-electron chi connectivity index (χ0n) is 26.3. The second-order valence-electron chi connectivity index (χ2n) is 12.2. The van der Waals surface area contributed by atoms with Gasteiger partial charge in [0, 0.05) is 23.5 Å². The van der Waals surface area contributed by atoms with E-state index >= 15 is 0 Å². The molecule has 0 bridgehead atoms. The van der Waals surface area contributed by atoms with E-state index in [1.807, 2.05) is 77.1 Å². The van der Waals surface area contributed by atoms with Crippen LogP contribution in [0.4, 0.5) is 5.69 Å². The van der Waals surface area contributed by atoms with Crippen molar-refractivity contribution in [2.24, 2.45) is 0 Å². The standard InChI is InChI=1S/C36H40ClN3O4S/c1-26-19-20-31(21-27(26)2)40(45(43,44)32-17-10-7-11-18-32)25-34(41)39(24-29-15-12-16-30(37)22-29)33(35(42)38-36(3,4)5)23-28-13-8-6-9-14-28/h6-22,33H,23-25H2,1-5H3,(H,38,42). The monoisotopic (exact) mass is 645 g/mol. The topological polar surface area (TPSA) is 86.8 Å². The summed E-state index contributed by atoms with van der Waals surface area (Å²) >= 11 is 6.32. The van der Waals surface area contributed by atoms with Gasteiger partial charge >= 0.3 is 0 Å². The maximum Gasteiger partial charge on any atom is 0.264 e. The van der Waals surface area contributed by atoms with Crippen LogP contribution in [-0.2, 0) is 32.6 Å². The van der Waals surface area contributed by atoms with Crippen molar-refractivity contribution in [1.82, 2.24) is 10.2 Å². The summed E-state index contributed by atoms with van der Waals surface area (Å²) in [6.45, 7) is 8.99. The molecule has 1 unspecified atom stereocenters. The molecule has 9 heteroatoms. The molecular weight excluding hydrogens is 606 g/mol. The van der Waals surface area contributed by atoms with E-state index in [1.54, 1.807) is 48.5 Å². The summed E-state index contributed by atoms with van der Waals surface area (Å²) in [5.74, 6) is -0.872. The third-order valence-corrected chi connectivity index (χ3v) is 9.42. The number of rotatable bonds is 11. The minimum absolute atomic E-state index is 0.0423. The van der Waals surface area contributed by atoms with Gasteiger partial charge in [-0.2, -0.15) is 0 Å². The maximum absolute atomic E-state index is 14.6. The number of hydrogen-bond acceptors (Lipinski definition) is 4. The Hall–Kier alpha value is -4.14. The number of carbonyl (C=O) groups is 2. The Morgan fingerprint density at radius 3 is 2.02 bits per heavy atom. The number of sulfonamides is 1. The Kier molecular flexibility index (Phi) is 10.7. The van der Waals surface area contributed by atoms with E-state index in [1.165, 1.54) is 17.0 Å². The molecule has 1 atom stereocenters. The molecule has 0 saturated carbocycles. The third-order valence-electron chi connectivity index (χ3n) is 7.40. The molecule has 0 aliphatic rings. The van der Waals surface area contributed by atoms with Gasteiger partial charge in [-0.25, -0.2) is 8.42 Å². The van der Waals surface area contributed by atoms with Gasteiger partial charge in [0.2, 0.25) is 11.8 Å². The highest BCUT2D eigenvalue weighted by Gasteiger charge is 2.35. The molecule has 0 fully saturated rings. The molecule has 45 heavy (non-hydrogen) atoms. The van der Waals surface area contributed by atoms with Crippen LogP contribution < -0.4 is 9.62 Å². The van der Waals surface area contributed by atoms with Gasteiger partial charge in [-0.05, 0) is 93.3 Å². The van der Waals surface area contributed by atoms with Crippen LogP contribution in [0.5, 0.6) is 0 Å². The Balaban J connectivity index is 1.83. The van der Waals surface area contributed by atoms with Gasteiger partial charge in [0.1, 0.15) is 12.6 Å². The van der Waals surface area contributed by atoms with Crippen LogP contribution in [0.15, 0.2) is 108 Å². The average molecular weight is 646 g/mol. The molecule has 4 aromatic carbocycles. The van der Waals surface area contributed by atoms with Crippen LogP contribution in [0.25, 0.3) is 0 Å². The summed E-state index contributed by atoms with van der Waals surface area (Å²) in [5, 5.41) is 3.52. The van der Waals surface area contributed by atoms with E-state index in [2.05, 4.69) is 5.32 Å². The fourth-order valence-corrected chi connectivity index (χ4v) is 6.61. The largest absolute Gasteiger partial charge is 0.350 e. The molecule has 0 aliphatic carbocycles. The van der Waals surface area contributed by atoms with Crippen LogP contribution in [0.2, 0.25) is 5.02 Å². The van der Waals surface area contributed by atoms with Gasteiger partial charge in [0.25, 0.3) is 10.0 Å². The first-order valence-electron chi connectivity index (χ1n) is 14.8. The molecule has 0 aromatic heterocycles. The Labute approximate surface area is 271 Å². The lowest BCUT2D eigenvalue weighted by Gasteiger charge is -2.35. The van der Waals surface area contributed by atoms with Gasteiger partial charge in [0.05, 0.1) is 10.6 Å². The van der Waals surface area contributed by atoms with E-state index in [9.17, 15) is 18.0 Å². The fourth-order valence-electron chi connectivity index (χ4n) is 4.97. The second-order valence-corrected chi connectivity index (χ2v) is 14.5. The van der Waals surface area contributed by atoms with Crippen molar-refractivity contribution < 1.29 is 18.0 Å². The second kappa shape index (κ2) is 14.3. The summed E-state index contributed by atoms with van der Waals surface area (Å²) in [5.41, 5.74) is 3.23. The van der Waals surface area contributed by atoms with Crippen molar-refractivity contribution in [3.05, 3.63) is 130 Å². The molecule has 0 aliphatic heterocycles. The van der Waals surface area contributed by atoms with Gasteiger partial charge < -0.3 is 10.2 Å². The van der Waals surface area contributed by atoms with Crippen molar-refractivity contribution >= 4 is 39.1 Å². The number of hydrogen-bond donors (Lipinski definition) is 1. The van der Waals surface area contributed by atoms with Crippen LogP contribution >= 0.6 is 11.6 Å². The van der Waals surface area contributed by atoms with Crippen LogP contribution in [0.3, 0.4) is 0 Å². The Morgan fingerprint density at radius 1 is 0.800 bits per heavy atom.